The molecule has 4 saturated carbocycles. The molecule has 4 heteroatoms. The first-order chi connectivity index (χ1) is 13.8. The van der Waals surface area contributed by atoms with E-state index in [4.69, 9.17) is 4.43 Å². The van der Waals surface area contributed by atoms with Gasteiger partial charge in [-0.15, -0.1) is 0 Å². The van der Waals surface area contributed by atoms with Crippen LogP contribution in [0, 0.1) is 34.5 Å². The van der Waals surface area contributed by atoms with E-state index in [0.29, 0.717) is 17.9 Å². The normalized spacial score (nSPS) is 49.1. The Morgan fingerprint density at radius 1 is 0.967 bits per heavy atom. The second kappa shape index (κ2) is 7.15. The quantitative estimate of drug-likeness (QED) is 0.416. The molecule has 1 unspecified atom stereocenters. The monoisotopic (exact) mass is 434 g/mol. The molecule has 8 atom stereocenters. The topological polar surface area (TPSA) is 46.5 Å². The first-order valence-corrected chi connectivity index (χ1v) is 15.6. The highest BCUT2D eigenvalue weighted by Gasteiger charge is 2.68. The van der Waals surface area contributed by atoms with Crippen LogP contribution >= 0.6 is 0 Å². The Bertz CT molecular complexity index is 684. The summed E-state index contributed by atoms with van der Waals surface area (Å²) in [5, 5.41) is 12.3. The molecular weight excluding hydrogens is 388 g/mol. The molecule has 0 aromatic heterocycles. The van der Waals surface area contributed by atoms with E-state index in [0.717, 1.165) is 44.3 Å². The lowest BCUT2D eigenvalue weighted by Gasteiger charge is -2.65. The Morgan fingerprint density at radius 2 is 1.67 bits per heavy atom. The van der Waals surface area contributed by atoms with E-state index in [1.807, 2.05) is 0 Å². The van der Waals surface area contributed by atoms with Crippen molar-refractivity contribution in [1.82, 2.24) is 0 Å². The number of hydrogen-bond donors (Lipinski definition) is 1. The van der Waals surface area contributed by atoms with Crippen molar-refractivity contribution < 1.29 is 14.3 Å². The molecular formula is C26H46O3Si. The Hall–Kier alpha value is -0.193. The number of carbonyl (C=O) groups is 1. The van der Waals surface area contributed by atoms with Crippen LogP contribution in [0.2, 0.25) is 18.1 Å². The van der Waals surface area contributed by atoms with E-state index in [1.54, 1.807) is 0 Å². The highest BCUT2D eigenvalue weighted by atomic mass is 28.4. The zero-order valence-corrected chi connectivity index (χ0v) is 21.6. The van der Waals surface area contributed by atoms with Gasteiger partial charge in [0.1, 0.15) is 6.29 Å². The summed E-state index contributed by atoms with van der Waals surface area (Å²) >= 11 is 0. The summed E-state index contributed by atoms with van der Waals surface area (Å²) in [5.74, 6) is 1.60. The zero-order chi connectivity index (χ0) is 22.2. The van der Waals surface area contributed by atoms with E-state index in [-0.39, 0.29) is 21.8 Å². The first-order valence-electron chi connectivity index (χ1n) is 12.7. The third-order valence-corrected chi connectivity index (χ3v) is 15.8. The third-order valence-electron chi connectivity index (χ3n) is 11.3. The number of fused-ring (bicyclic) bond motifs is 5. The largest absolute Gasteiger partial charge is 0.413 e. The first kappa shape index (κ1) is 23.0. The predicted octanol–water partition coefficient (Wildman–Crippen LogP) is 6.35. The van der Waals surface area contributed by atoms with Gasteiger partial charge in [-0.25, -0.2) is 0 Å². The molecule has 4 aliphatic rings. The molecule has 0 aliphatic heterocycles. The Balaban J connectivity index is 1.69. The third kappa shape index (κ3) is 2.99. The molecule has 172 valence electrons. The van der Waals surface area contributed by atoms with Gasteiger partial charge in [-0.3, -0.25) is 0 Å². The van der Waals surface area contributed by atoms with Crippen molar-refractivity contribution in [2.75, 3.05) is 0 Å². The molecule has 0 amide bonds. The summed E-state index contributed by atoms with van der Waals surface area (Å²) in [6.07, 6.45) is 11.4. The maximum absolute atomic E-state index is 12.1. The van der Waals surface area contributed by atoms with Gasteiger partial charge in [-0.2, -0.15) is 0 Å². The molecule has 3 nitrogen and oxygen atoms in total. The smallest absolute Gasteiger partial charge is 0.192 e. The lowest BCUT2D eigenvalue weighted by Crippen LogP contribution is -2.65. The van der Waals surface area contributed by atoms with Crippen LogP contribution in [0.15, 0.2) is 0 Å². The van der Waals surface area contributed by atoms with Gasteiger partial charge in [0, 0.05) is 11.3 Å². The maximum atomic E-state index is 12.1. The van der Waals surface area contributed by atoms with E-state index >= 15 is 0 Å². The van der Waals surface area contributed by atoms with Crippen LogP contribution in [0.1, 0.15) is 92.4 Å². The Labute approximate surface area is 185 Å². The van der Waals surface area contributed by atoms with Crippen LogP contribution in [0.4, 0.5) is 0 Å². The minimum absolute atomic E-state index is 0.0274. The fraction of sp³-hybridized carbons (Fsp3) is 0.962. The molecule has 0 aromatic rings. The van der Waals surface area contributed by atoms with Crippen molar-refractivity contribution in [3.8, 4) is 0 Å². The van der Waals surface area contributed by atoms with Crippen molar-refractivity contribution in [3.05, 3.63) is 0 Å². The standard InChI is InChI=1S/C26H46O3Si/c1-23(2,3)30(6,7)29-22-10-8-9-18-11-12-21-20(25(18,22)5)14-15-24(4)19(17-27)13-16-26(21,24)28/h17-22,28H,8-16H2,1-7H3/t18-,19+,20-,21+,22?,24+,25-,26-/m0/s1. The fourth-order valence-corrected chi connectivity index (χ4v) is 9.67. The lowest BCUT2D eigenvalue weighted by atomic mass is 9.43. The van der Waals surface area contributed by atoms with Crippen molar-refractivity contribution in [3.63, 3.8) is 0 Å². The molecule has 0 heterocycles. The molecule has 0 spiro atoms. The van der Waals surface area contributed by atoms with Crippen LogP contribution in [0.3, 0.4) is 0 Å². The average Bonchev–Trinajstić information content (AvgIpc) is 2.92. The summed E-state index contributed by atoms with van der Waals surface area (Å²) in [4.78, 5) is 11.8. The summed E-state index contributed by atoms with van der Waals surface area (Å²) in [5.41, 5.74) is -0.745. The van der Waals surface area contributed by atoms with Crippen LogP contribution in [0.5, 0.6) is 0 Å². The van der Waals surface area contributed by atoms with Gasteiger partial charge in [0.15, 0.2) is 8.32 Å². The Kier molecular flexibility index (Phi) is 5.48. The predicted molar refractivity (Wildman–Crippen MR) is 125 cm³/mol. The van der Waals surface area contributed by atoms with Gasteiger partial charge in [-0.05, 0) is 92.7 Å². The second-order valence-electron chi connectivity index (χ2n) is 13.3. The fourth-order valence-electron chi connectivity index (χ4n) is 8.23. The molecule has 30 heavy (non-hydrogen) atoms. The molecule has 0 bridgehead atoms. The maximum Gasteiger partial charge on any atom is 0.192 e. The second-order valence-corrected chi connectivity index (χ2v) is 18.1. The number of aldehydes is 1. The minimum Gasteiger partial charge on any atom is -0.413 e. The molecule has 0 radical (unpaired) electrons. The summed E-state index contributed by atoms with van der Waals surface area (Å²) in [6.45, 7) is 16.6. The van der Waals surface area contributed by atoms with E-state index in [1.165, 1.54) is 25.7 Å². The molecule has 1 N–H and O–H groups in total. The van der Waals surface area contributed by atoms with Gasteiger partial charge in [-0.1, -0.05) is 41.0 Å². The molecule has 0 saturated heterocycles. The average molecular weight is 435 g/mol. The van der Waals surface area contributed by atoms with Crippen molar-refractivity contribution in [2.24, 2.45) is 34.5 Å². The SMILES string of the molecule is CC(C)(C)[Si](C)(C)OC1CCC[C@H]2CC[C@@H]3[C@H](CC[C@]4(C)[C@@H](C=O)CC[C@]34O)[C@@]12C. The van der Waals surface area contributed by atoms with E-state index < -0.39 is 13.9 Å². The highest BCUT2D eigenvalue weighted by Crippen LogP contribution is 2.69. The van der Waals surface area contributed by atoms with Crippen LogP contribution in [-0.2, 0) is 9.22 Å². The number of carbonyl (C=O) groups excluding carboxylic acids is 1. The van der Waals surface area contributed by atoms with Gasteiger partial charge < -0.3 is 14.3 Å². The number of hydrogen-bond acceptors (Lipinski definition) is 3. The van der Waals surface area contributed by atoms with Crippen LogP contribution in [0.25, 0.3) is 0 Å². The zero-order valence-electron chi connectivity index (χ0n) is 20.6. The lowest BCUT2D eigenvalue weighted by molar-refractivity contribution is -0.222. The van der Waals surface area contributed by atoms with Gasteiger partial charge >= 0.3 is 0 Å². The van der Waals surface area contributed by atoms with E-state index in [2.05, 4.69) is 47.7 Å². The van der Waals surface area contributed by atoms with Gasteiger partial charge in [0.2, 0.25) is 0 Å². The molecule has 0 aromatic carbocycles. The summed E-state index contributed by atoms with van der Waals surface area (Å²) in [6, 6.07) is 0. The van der Waals surface area contributed by atoms with Gasteiger partial charge in [0.05, 0.1) is 11.7 Å². The summed E-state index contributed by atoms with van der Waals surface area (Å²) in [7, 11) is -1.86. The highest BCUT2D eigenvalue weighted by molar-refractivity contribution is 6.74. The minimum atomic E-state index is -1.86. The van der Waals surface area contributed by atoms with Crippen molar-refractivity contribution >= 4 is 14.6 Å². The Morgan fingerprint density at radius 3 is 2.30 bits per heavy atom. The van der Waals surface area contributed by atoms with E-state index in [9.17, 15) is 9.90 Å². The molecule has 4 aliphatic carbocycles. The molecule has 4 rings (SSSR count). The summed E-state index contributed by atoms with van der Waals surface area (Å²) < 4.78 is 7.18. The number of rotatable bonds is 3. The van der Waals surface area contributed by atoms with Crippen molar-refractivity contribution in [2.45, 2.75) is 122 Å². The molecule has 4 fully saturated rings. The van der Waals surface area contributed by atoms with Gasteiger partial charge in [0.25, 0.3) is 0 Å². The van der Waals surface area contributed by atoms with Crippen LogP contribution < -0.4 is 0 Å². The van der Waals surface area contributed by atoms with Crippen LogP contribution in [-0.4, -0.2) is 31.4 Å². The number of aliphatic hydroxyl groups is 1. The van der Waals surface area contributed by atoms with Crippen molar-refractivity contribution in [1.29, 1.82) is 0 Å².